The molecule has 0 spiro atoms. The lowest BCUT2D eigenvalue weighted by Gasteiger charge is -2.27. The Morgan fingerprint density at radius 3 is 2.23 bits per heavy atom. The lowest BCUT2D eigenvalue weighted by Crippen LogP contribution is -2.44. The van der Waals surface area contributed by atoms with Crippen LogP contribution in [0.4, 0.5) is 0 Å². The SMILES string of the molecule is C[C@@H](O)[C@@H](N)C(NCc1cc(Cl)cc(Cl)c1)c1ccccc1. The number of nitrogens with one attached hydrogen (secondary N) is 1. The van der Waals surface area contributed by atoms with Crippen molar-refractivity contribution in [1.29, 1.82) is 0 Å². The van der Waals surface area contributed by atoms with Crippen LogP contribution in [0.3, 0.4) is 0 Å². The Morgan fingerprint density at radius 2 is 1.68 bits per heavy atom. The van der Waals surface area contributed by atoms with Crippen molar-refractivity contribution >= 4 is 23.2 Å². The summed E-state index contributed by atoms with van der Waals surface area (Å²) < 4.78 is 0. The third-order valence-electron chi connectivity index (χ3n) is 3.55. The van der Waals surface area contributed by atoms with Crippen molar-refractivity contribution in [2.45, 2.75) is 31.7 Å². The number of aliphatic hydroxyl groups excluding tert-OH is 1. The molecule has 2 aromatic carbocycles. The van der Waals surface area contributed by atoms with Crippen molar-refractivity contribution in [2.75, 3.05) is 0 Å². The highest BCUT2D eigenvalue weighted by molar-refractivity contribution is 6.34. The number of halogens is 2. The highest BCUT2D eigenvalue weighted by Gasteiger charge is 2.23. The predicted octanol–water partition coefficient (Wildman–Crippen LogP) is 3.53. The minimum atomic E-state index is -0.624. The summed E-state index contributed by atoms with van der Waals surface area (Å²) in [7, 11) is 0. The molecule has 0 aliphatic heterocycles. The minimum absolute atomic E-state index is 0.168. The van der Waals surface area contributed by atoms with Gasteiger partial charge in [-0.1, -0.05) is 53.5 Å². The van der Waals surface area contributed by atoms with Gasteiger partial charge in [-0.05, 0) is 36.2 Å². The molecule has 5 heteroatoms. The second-order valence-electron chi connectivity index (χ2n) is 5.36. The van der Waals surface area contributed by atoms with Crippen LogP contribution in [0, 0.1) is 0 Å². The van der Waals surface area contributed by atoms with Gasteiger partial charge in [0.1, 0.15) is 0 Å². The lowest BCUT2D eigenvalue weighted by molar-refractivity contribution is 0.142. The van der Waals surface area contributed by atoms with E-state index in [0.717, 1.165) is 11.1 Å². The molecule has 118 valence electrons. The topological polar surface area (TPSA) is 58.3 Å². The lowest BCUT2D eigenvalue weighted by atomic mass is 9.96. The molecule has 0 saturated carbocycles. The van der Waals surface area contributed by atoms with Crippen LogP contribution >= 0.6 is 23.2 Å². The fourth-order valence-electron chi connectivity index (χ4n) is 2.36. The van der Waals surface area contributed by atoms with Gasteiger partial charge in [0, 0.05) is 22.6 Å². The average Bonchev–Trinajstić information content (AvgIpc) is 2.47. The Labute approximate surface area is 141 Å². The standard InChI is InChI=1S/C17H20Cl2N2O/c1-11(22)16(20)17(13-5-3-2-4-6-13)21-10-12-7-14(18)9-15(19)8-12/h2-9,11,16-17,21-22H,10,20H2,1H3/t11-,16-,17?/m1/s1. The third kappa shape index (κ3) is 4.70. The largest absolute Gasteiger partial charge is 0.392 e. The maximum atomic E-state index is 9.83. The van der Waals surface area contributed by atoms with Gasteiger partial charge in [-0.2, -0.15) is 0 Å². The summed E-state index contributed by atoms with van der Waals surface area (Å²) in [6.07, 6.45) is -0.624. The molecule has 4 N–H and O–H groups in total. The van der Waals surface area contributed by atoms with Gasteiger partial charge < -0.3 is 16.2 Å². The molecule has 1 unspecified atom stereocenters. The Bertz CT molecular complexity index is 585. The molecule has 0 radical (unpaired) electrons. The molecule has 3 atom stereocenters. The first kappa shape index (κ1) is 17.3. The van der Waals surface area contributed by atoms with E-state index in [0.29, 0.717) is 16.6 Å². The van der Waals surface area contributed by atoms with E-state index >= 15 is 0 Å². The van der Waals surface area contributed by atoms with E-state index in [9.17, 15) is 5.11 Å². The van der Waals surface area contributed by atoms with E-state index < -0.39 is 12.1 Å². The Balaban J connectivity index is 2.16. The maximum absolute atomic E-state index is 9.83. The fraction of sp³-hybridized carbons (Fsp3) is 0.294. The Morgan fingerprint density at radius 1 is 1.09 bits per heavy atom. The van der Waals surface area contributed by atoms with Crippen LogP contribution in [0.15, 0.2) is 48.5 Å². The van der Waals surface area contributed by atoms with Crippen LogP contribution in [-0.4, -0.2) is 17.3 Å². The number of aliphatic hydroxyl groups is 1. The van der Waals surface area contributed by atoms with Crippen LogP contribution in [0.5, 0.6) is 0 Å². The smallest absolute Gasteiger partial charge is 0.0681 e. The van der Waals surface area contributed by atoms with E-state index in [1.807, 2.05) is 42.5 Å². The first-order valence-electron chi connectivity index (χ1n) is 7.14. The molecule has 0 aromatic heterocycles. The highest BCUT2D eigenvalue weighted by atomic mass is 35.5. The molecule has 0 heterocycles. The van der Waals surface area contributed by atoms with E-state index in [1.54, 1.807) is 13.0 Å². The van der Waals surface area contributed by atoms with Gasteiger partial charge in [0.25, 0.3) is 0 Å². The number of rotatable bonds is 6. The van der Waals surface area contributed by atoms with E-state index in [4.69, 9.17) is 28.9 Å². The van der Waals surface area contributed by atoms with Crippen LogP contribution in [0.2, 0.25) is 10.0 Å². The zero-order valence-electron chi connectivity index (χ0n) is 12.3. The summed E-state index contributed by atoms with van der Waals surface area (Å²) in [5.41, 5.74) is 8.15. The van der Waals surface area contributed by atoms with Gasteiger partial charge in [0.05, 0.1) is 12.1 Å². The molecule has 0 aliphatic carbocycles. The predicted molar refractivity (Wildman–Crippen MR) is 92.1 cm³/mol. The van der Waals surface area contributed by atoms with Crippen molar-refractivity contribution in [3.63, 3.8) is 0 Å². The molecular weight excluding hydrogens is 319 g/mol. The van der Waals surface area contributed by atoms with E-state index in [2.05, 4.69) is 5.32 Å². The number of hydrogen-bond donors (Lipinski definition) is 3. The van der Waals surface area contributed by atoms with Crippen molar-refractivity contribution in [1.82, 2.24) is 5.32 Å². The number of nitrogens with two attached hydrogens (primary N) is 1. The van der Waals surface area contributed by atoms with Gasteiger partial charge >= 0.3 is 0 Å². The average molecular weight is 339 g/mol. The van der Waals surface area contributed by atoms with Crippen LogP contribution in [-0.2, 0) is 6.54 Å². The zero-order valence-corrected chi connectivity index (χ0v) is 13.9. The Kier molecular flexibility index (Phi) is 6.24. The second kappa shape index (κ2) is 7.95. The molecular formula is C17H20Cl2N2O. The summed E-state index contributed by atoms with van der Waals surface area (Å²) in [6, 6.07) is 14.7. The van der Waals surface area contributed by atoms with Gasteiger partial charge in [-0.25, -0.2) is 0 Å². The second-order valence-corrected chi connectivity index (χ2v) is 6.24. The van der Waals surface area contributed by atoms with Crippen LogP contribution in [0.25, 0.3) is 0 Å². The molecule has 0 saturated heterocycles. The number of benzene rings is 2. The summed E-state index contributed by atoms with van der Waals surface area (Å²) >= 11 is 12.0. The van der Waals surface area contributed by atoms with Gasteiger partial charge in [0.15, 0.2) is 0 Å². The van der Waals surface area contributed by atoms with E-state index in [1.165, 1.54) is 0 Å². The summed E-state index contributed by atoms with van der Waals surface area (Å²) in [5, 5.41) is 14.4. The first-order chi connectivity index (χ1) is 10.5. The number of hydrogen-bond acceptors (Lipinski definition) is 3. The van der Waals surface area contributed by atoms with Crippen LogP contribution < -0.4 is 11.1 Å². The van der Waals surface area contributed by atoms with Gasteiger partial charge in [-0.3, -0.25) is 0 Å². The fourth-order valence-corrected chi connectivity index (χ4v) is 2.93. The monoisotopic (exact) mass is 338 g/mol. The third-order valence-corrected chi connectivity index (χ3v) is 3.99. The Hall–Kier alpha value is -1.10. The van der Waals surface area contributed by atoms with Gasteiger partial charge in [0.2, 0.25) is 0 Å². The zero-order chi connectivity index (χ0) is 16.1. The highest BCUT2D eigenvalue weighted by Crippen LogP contribution is 2.22. The molecule has 22 heavy (non-hydrogen) atoms. The minimum Gasteiger partial charge on any atom is -0.392 e. The summed E-state index contributed by atoms with van der Waals surface area (Å²) in [4.78, 5) is 0. The summed E-state index contributed by atoms with van der Waals surface area (Å²) in [5.74, 6) is 0. The van der Waals surface area contributed by atoms with Crippen molar-refractivity contribution < 1.29 is 5.11 Å². The molecule has 0 bridgehead atoms. The van der Waals surface area contributed by atoms with Crippen molar-refractivity contribution in [2.24, 2.45) is 5.73 Å². The molecule has 3 nitrogen and oxygen atoms in total. The maximum Gasteiger partial charge on any atom is 0.0681 e. The van der Waals surface area contributed by atoms with Crippen molar-refractivity contribution in [3.8, 4) is 0 Å². The molecule has 0 amide bonds. The van der Waals surface area contributed by atoms with Gasteiger partial charge in [-0.15, -0.1) is 0 Å². The molecule has 0 fully saturated rings. The van der Waals surface area contributed by atoms with Crippen molar-refractivity contribution in [3.05, 3.63) is 69.7 Å². The molecule has 0 aliphatic rings. The first-order valence-corrected chi connectivity index (χ1v) is 7.90. The molecule has 2 aromatic rings. The quantitative estimate of drug-likeness (QED) is 0.755. The van der Waals surface area contributed by atoms with E-state index in [-0.39, 0.29) is 6.04 Å². The van der Waals surface area contributed by atoms with Crippen LogP contribution in [0.1, 0.15) is 24.1 Å². The normalized spacial score (nSPS) is 15.3. The molecule has 2 rings (SSSR count). The summed E-state index contributed by atoms with van der Waals surface area (Å²) in [6.45, 7) is 2.25.